The Morgan fingerprint density at radius 1 is 1.23 bits per heavy atom. The van der Waals surface area contributed by atoms with Crippen LogP contribution < -0.4 is 5.32 Å². The van der Waals surface area contributed by atoms with Crippen LogP contribution in [0.15, 0.2) is 55.1 Å². The smallest absolute Gasteiger partial charge is 0.259 e. The molecular weight excluding hydrogens is 529 g/mol. The third kappa shape index (κ3) is 4.99. The maximum Gasteiger partial charge on any atom is 0.259 e. The Morgan fingerprint density at radius 2 is 2.05 bits per heavy atom. The number of anilines is 1. The normalized spacial score (nSPS) is 18.3. The summed E-state index contributed by atoms with van der Waals surface area (Å²) in [6.45, 7) is 1.24. The standard InChI is InChI=1S/C25H23ClFN9O3/c1-25(39,13-37)12-34-11-15(9-28-34)14-4-5-35-22(6-14)18(10-29-35)24(38)30-21-7-16(2-3-19(21)26)36-32-23(31-33-36)17-8-20(17)27/h2-7,9-11,17,20,37,39H,8,12-13H2,1H3,(H,30,38)/t17-,20-,25+/m0/s1. The fourth-order valence-electron chi connectivity index (χ4n) is 4.17. The lowest BCUT2D eigenvalue weighted by molar-refractivity contribution is -0.0145. The van der Waals surface area contributed by atoms with Crippen molar-refractivity contribution in [1.29, 1.82) is 0 Å². The second-order valence-electron chi connectivity index (χ2n) is 9.80. The van der Waals surface area contributed by atoms with Crippen LogP contribution in [0.1, 0.15) is 35.4 Å². The van der Waals surface area contributed by atoms with Gasteiger partial charge >= 0.3 is 0 Å². The summed E-state index contributed by atoms with van der Waals surface area (Å²) in [6, 6.07) is 8.52. The van der Waals surface area contributed by atoms with Crippen molar-refractivity contribution >= 4 is 28.7 Å². The topological polar surface area (TPSA) is 148 Å². The number of halogens is 2. The number of aliphatic hydroxyl groups excluding tert-OH is 1. The molecule has 0 aliphatic heterocycles. The predicted octanol–water partition coefficient (Wildman–Crippen LogP) is 2.65. The van der Waals surface area contributed by atoms with E-state index in [9.17, 15) is 19.4 Å². The molecule has 14 heteroatoms. The summed E-state index contributed by atoms with van der Waals surface area (Å²) < 4.78 is 16.5. The van der Waals surface area contributed by atoms with Gasteiger partial charge in [-0.1, -0.05) is 11.6 Å². The average molecular weight is 552 g/mol. The Bertz CT molecular complexity index is 1700. The molecular formula is C25H23ClFN9O3. The van der Waals surface area contributed by atoms with Gasteiger partial charge in [-0.15, -0.1) is 15.0 Å². The molecule has 1 amide bonds. The SMILES string of the molecule is C[C@](O)(CO)Cn1cc(-c2ccn3ncc(C(=O)Nc4cc(-n5nnc([C@H]6C[C@@H]6F)n5)ccc4Cl)c3c2)cn1. The number of carbonyl (C=O) groups is 1. The number of alkyl halides is 1. The third-order valence-corrected chi connectivity index (χ3v) is 6.81. The maximum atomic E-state index is 13.4. The maximum absolute atomic E-state index is 13.4. The molecule has 1 fully saturated rings. The second kappa shape index (κ2) is 9.52. The van der Waals surface area contributed by atoms with Crippen LogP contribution in [0.3, 0.4) is 0 Å². The molecule has 200 valence electrons. The molecule has 39 heavy (non-hydrogen) atoms. The lowest BCUT2D eigenvalue weighted by Gasteiger charge is -2.19. The van der Waals surface area contributed by atoms with Gasteiger partial charge in [-0.2, -0.15) is 10.2 Å². The fourth-order valence-corrected chi connectivity index (χ4v) is 4.34. The van der Waals surface area contributed by atoms with Gasteiger partial charge in [0.2, 0.25) is 0 Å². The number of tetrazole rings is 1. The molecule has 0 radical (unpaired) electrons. The number of fused-ring (bicyclic) bond motifs is 1. The fraction of sp³-hybridized carbons (Fsp3) is 0.280. The van der Waals surface area contributed by atoms with E-state index in [4.69, 9.17) is 11.6 Å². The Hall–Kier alpha value is -4.20. The van der Waals surface area contributed by atoms with E-state index in [1.54, 1.807) is 46.0 Å². The van der Waals surface area contributed by atoms with Crippen molar-refractivity contribution in [2.75, 3.05) is 11.9 Å². The van der Waals surface area contributed by atoms with Crippen LogP contribution in [0.2, 0.25) is 5.02 Å². The van der Waals surface area contributed by atoms with Gasteiger partial charge in [0, 0.05) is 18.0 Å². The van der Waals surface area contributed by atoms with Crippen LogP contribution >= 0.6 is 11.6 Å². The highest BCUT2D eigenvalue weighted by Gasteiger charge is 2.42. The Balaban J connectivity index is 1.24. The first-order valence-corrected chi connectivity index (χ1v) is 12.5. The summed E-state index contributed by atoms with van der Waals surface area (Å²) >= 11 is 6.36. The van der Waals surface area contributed by atoms with E-state index in [1.165, 1.54) is 17.9 Å². The highest BCUT2D eigenvalue weighted by Crippen LogP contribution is 2.41. The Kier molecular flexibility index (Phi) is 6.13. The largest absolute Gasteiger partial charge is 0.393 e. The first-order chi connectivity index (χ1) is 18.7. The molecule has 1 aliphatic rings. The number of aromatic nitrogens is 8. The van der Waals surface area contributed by atoms with Gasteiger partial charge in [-0.05, 0) is 54.5 Å². The zero-order valence-corrected chi connectivity index (χ0v) is 21.4. The highest BCUT2D eigenvalue weighted by atomic mass is 35.5. The van der Waals surface area contributed by atoms with Crippen LogP contribution in [0.5, 0.6) is 0 Å². The zero-order valence-electron chi connectivity index (χ0n) is 20.6. The molecule has 12 nitrogen and oxygen atoms in total. The molecule has 6 rings (SSSR count). The van der Waals surface area contributed by atoms with Gasteiger partial charge in [0.1, 0.15) is 11.8 Å². The molecule has 3 atom stereocenters. The van der Waals surface area contributed by atoms with Crippen molar-refractivity contribution in [1.82, 2.24) is 39.6 Å². The number of nitrogens with one attached hydrogen (secondary N) is 1. The lowest BCUT2D eigenvalue weighted by Crippen LogP contribution is -2.34. The third-order valence-electron chi connectivity index (χ3n) is 6.48. The molecule has 4 aromatic heterocycles. The second-order valence-corrected chi connectivity index (χ2v) is 10.2. The Labute approximate surface area is 225 Å². The highest BCUT2D eigenvalue weighted by molar-refractivity contribution is 6.34. The Morgan fingerprint density at radius 3 is 2.82 bits per heavy atom. The summed E-state index contributed by atoms with van der Waals surface area (Å²) in [5, 5.41) is 43.3. The van der Waals surface area contributed by atoms with Gasteiger partial charge in [-0.3, -0.25) is 9.48 Å². The number of carbonyl (C=O) groups excluding carboxylic acids is 1. The van der Waals surface area contributed by atoms with Gasteiger partial charge in [0.25, 0.3) is 5.91 Å². The van der Waals surface area contributed by atoms with Gasteiger partial charge < -0.3 is 15.5 Å². The molecule has 0 bridgehead atoms. The quantitative estimate of drug-likeness (QED) is 0.266. The van der Waals surface area contributed by atoms with Crippen molar-refractivity contribution in [3.05, 3.63) is 71.5 Å². The van der Waals surface area contributed by atoms with E-state index in [-0.39, 0.29) is 12.5 Å². The number of benzene rings is 1. The number of hydrogen-bond donors (Lipinski definition) is 3. The van der Waals surface area contributed by atoms with Crippen LogP contribution in [0.4, 0.5) is 10.1 Å². The number of nitrogens with zero attached hydrogens (tertiary/aromatic N) is 8. The first-order valence-electron chi connectivity index (χ1n) is 12.1. The van der Waals surface area contributed by atoms with E-state index in [0.29, 0.717) is 39.7 Å². The van der Waals surface area contributed by atoms with Gasteiger partial charge in [-0.25, -0.2) is 8.91 Å². The molecule has 5 aromatic rings. The predicted molar refractivity (Wildman–Crippen MR) is 138 cm³/mol. The monoisotopic (exact) mass is 551 g/mol. The molecule has 1 aliphatic carbocycles. The van der Waals surface area contributed by atoms with Crippen molar-refractivity contribution in [2.24, 2.45) is 0 Å². The van der Waals surface area contributed by atoms with Crippen LogP contribution in [0.25, 0.3) is 22.3 Å². The first kappa shape index (κ1) is 25.1. The minimum Gasteiger partial charge on any atom is -0.393 e. The molecule has 0 unspecified atom stereocenters. The molecule has 1 aromatic carbocycles. The molecule has 1 saturated carbocycles. The molecule has 0 spiro atoms. The van der Waals surface area contributed by atoms with Crippen LogP contribution in [-0.2, 0) is 6.54 Å². The van der Waals surface area contributed by atoms with E-state index in [0.717, 1.165) is 11.1 Å². The van der Waals surface area contributed by atoms with Crippen molar-refractivity contribution in [2.45, 2.75) is 37.6 Å². The van der Waals surface area contributed by atoms with Crippen LogP contribution in [0, 0.1) is 0 Å². The minimum atomic E-state index is -1.30. The van der Waals surface area contributed by atoms with E-state index in [2.05, 4.69) is 30.9 Å². The zero-order chi connectivity index (χ0) is 27.3. The number of hydrogen-bond acceptors (Lipinski definition) is 8. The van der Waals surface area contributed by atoms with Gasteiger partial charge in [0.15, 0.2) is 5.82 Å². The summed E-state index contributed by atoms with van der Waals surface area (Å²) in [4.78, 5) is 14.6. The number of amides is 1. The van der Waals surface area contributed by atoms with Gasteiger partial charge in [0.05, 0.1) is 58.9 Å². The van der Waals surface area contributed by atoms with E-state index in [1.807, 2.05) is 12.1 Å². The summed E-state index contributed by atoms with van der Waals surface area (Å²) in [6.07, 6.45) is 6.03. The number of pyridine rings is 1. The van der Waals surface area contributed by atoms with Crippen molar-refractivity contribution < 1.29 is 19.4 Å². The molecule has 0 saturated heterocycles. The molecule has 4 heterocycles. The van der Waals surface area contributed by atoms with E-state index < -0.39 is 24.3 Å². The lowest BCUT2D eigenvalue weighted by atomic mass is 10.1. The summed E-state index contributed by atoms with van der Waals surface area (Å²) in [7, 11) is 0. The molecule has 3 N–H and O–H groups in total. The van der Waals surface area contributed by atoms with E-state index >= 15 is 0 Å². The average Bonchev–Trinajstić information content (AvgIpc) is 3.34. The van der Waals surface area contributed by atoms with Crippen molar-refractivity contribution in [3.63, 3.8) is 0 Å². The van der Waals surface area contributed by atoms with Crippen molar-refractivity contribution in [3.8, 4) is 16.8 Å². The number of rotatable bonds is 8. The number of aliphatic hydroxyl groups is 2. The van der Waals surface area contributed by atoms with Crippen LogP contribution in [-0.4, -0.2) is 74.1 Å². The minimum absolute atomic E-state index is 0.119. The summed E-state index contributed by atoms with van der Waals surface area (Å²) in [5.41, 5.74) is 1.96. The summed E-state index contributed by atoms with van der Waals surface area (Å²) in [5.74, 6) is -0.411.